The number of halogens is 1. The molecule has 8 heteroatoms. The first-order valence-corrected chi connectivity index (χ1v) is 10.1. The van der Waals surface area contributed by atoms with Gasteiger partial charge in [-0.2, -0.15) is 5.10 Å². The number of hydrogen-bond acceptors (Lipinski definition) is 4. The van der Waals surface area contributed by atoms with Crippen molar-refractivity contribution in [1.29, 1.82) is 0 Å². The standard InChI is InChI=1S/C20H25BrN4O3/c1-13(2)18-17(21)19(23-22-18)20(27)25-9-7-24(8-10-25)16(26)12-14-5-4-6-15(11-14)28-3/h4-6,11,13H,7-10,12H2,1-3H3,(H,22,23). The number of amides is 2. The number of nitrogens with zero attached hydrogens (tertiary/aromatic N) is 3. The molecule has 7 nitrogen and oxygen atoms in total. The Morgan fingerprint density at radius 2 is 1.89 bits per heavy atom. The van der Waals surface area contributed by atoms with E-state index in [0.29, 0.717) is 38.3 Å². The fraction of sp³-hybridized carbons (Fsp3) is 0.450. The van der Waals surface area contributed by atoms with Gasteiger partial charge < -0.3 is 14.5 Å². The number of ether oxygens (including phenoxy) is 1. The number of aromatic amines is 1. The molecule has 1 aromatic heterocycles. The van der Waals surface area contributed by atoms with E-state index in [1.54, 1.807) is 12.0 Å². The minimum Gasteiger partial charge on any atom is -0.497 e. The summed E-state index contributed by atoms with van der Waals surface area (Å²) in [6.07, 6.45) is 0.327. The van der Waals surface area contributed by atoms with Crippen molar-refractivity contribution in [2.24, 2.45) is 0 Å². The van der Waals surface area contributed by atoms with Crippen molar-refractivity contribution in [2.75, 3.05) is 33.3 Å². The van der Waals surface area contributed by atoms with Crippen LogP contribution in [0.3, 0.4) is 0 Å². The lowest BCUT2D eigenvalue weighted by Crippen LogP contribution is -2.51. The first kappa shape index (κ1) is 20.4. The lowest BCUT2D eigenvalue weighted by molar-refractivity contribution is -0.131. The number of aromatic nitrogens is 2. The zero-order valence-corrected chi connectivity index (χ0v) is 18.0. The highest BCUT2D eigenvalue weighted by Gasteiger charge is 2.28. The molecule has 0 atom stereocenters. The number of benzene rings is 1. The predicted molar refractivity (Wildman–Crippen MR) is 110 cm³/mol. The third-order valence-corrected chi connectivity index (χ3v) is 5.72. The molecular formula is C20H25BrN4O3. The Kier molecular flexibility index (Phi) is 6.39. The molecule has 3 rings (SSSR count). The average molecular weight is 449 g/mol. The van der Waals surface area contributed by atoms with E-state index >= 15 is 0 Å². The summed E-state index contributed by atoms with van der Waals surface area (Å²) in [5.74, 6) is 0.930. The predicted octanol–water partition coefficient (Wildman–Crippen LogP) is 2.83. The molecule has 1 fully saturated rings. The summed E-state index contributed by atoms with van der Waals surface area (Å²) in [4.78, 5) is 29.0. The van der Waals surface area contributed by atoms with E-state index in [0.717, 1.165) is 21.5 Å². The summed E-state index contributed by atoms with van der Waals surface area (Å²) < 4.78 is 5.93. The number of carbonyl (C=O) groups is 2. The lowest BCUT2D eigenvalue weighted by Gasteiger charge is -2.34. The van der Waals surface area contributed by atoms with Crippen molar-refractivity contribution in [2.45, 2.75) is 26.2 Å². The van der Waals surface area contributed by atoms with Crippen molar-refractivity contribution in [1.82, 2.24) is 20.0 Å². The van der Waals surface area contributed by atoms with Gasteiger partial charge in [-0.25, -0.2) is 0 Å². The smallest absolute Gasteiger partial charge is 0.275 e. The van der Waals surface area contributed by atoms with Crippen LogP contribution in [-0.4, -0.2) is 65.1 Å². The maximum absolute atomic E-state index is 12.8. The summed E-state index contributed by atoms with van der Waals surface area (Å²) in [7, 11) is 1.61. The van der Waals surface area contributed by atoms with Crippen molar-refractivity contribution in [3.8, 4) is 5.75 Å². The maximum atomic E-state index is 12.8. The van der Waals surface area contributed by atoms with Gasteiger partial charge in [0.1, 0.15) is 5.75 Å². The van der Waals surface area contributed by atoms with Gasteiger partial charge in [-0.3, -0.25) is 14.7 Å². The first-order chi connectivity index (χ1) is 13.4. The second kappa shape index (κ2) is 8.77. The third-order valence-electron chi connectivity index (χ3n) is 4.92. The van der Waals surface area contributed by atoms with Crippen LogP contribution in [0.25, 0.3) is 0 Å². The van der Waals surface area contributed by atoms with Crippen molar-refractivity contribution >= 4 is 27.7 Å². The zero-order valence-electron chi connectivity index (χ0n) is 16.4. The van der Waals surface area contributed by atoms with Crippen molar-refractivity contribution < 1.29 is 14.3 Å². The van der Waals surface area contributed by atoms with Crippen LogP contribution in [0.1, 0.15) is 41.5 Å². The highest BCUT2D eigenvalue weighted by Crippen LogP contribution is 2.26. The molecule has 2 aromatic rings. The van der Waals surface area contributed by atoms with Gasteiger partial charge in [0, 0.05) is 26.2 Å². The molecule has 0 unspecified atom stereocenters. The molecule has 0 aliphatic carbocycles. The Bertz CT molecular complexity index is 857. The molecule has 1 aliphatic rings. The molecule has 0 saturated carbocycles. The minimum atomic E-state index is -0.116. The normalized spacial score (nSPS) is 14.5. The van der Waals surface area contributed by atoms with Crippen LogP contribution < -0.4 is 4.74 Å². The molecule has 0 spiro atoms. The molecule has 0 radical (unpaired) electrons. The number of carbonyl (C=O) groups excluding carboxylic acids is 2. The van der Waals surface area contributed by atoms with Gasteiger partial charge in [0.05, 0.1) is 23.7 Å². The van der Waals surface area contributed by atoms with Gasteiger partial charge in [-0.1, -0.05) is 26.0 Å². The first-order valence-electron chi connectivity index (χ1n) is 9.34. The van der Waals surface area contributed by atoms with Gasteiger partial charge in [0.2, 0.25) is 5.91 Å². The number of H-pyrrole nitrogens is 1. The highest BCUT2D eigenvalue weighted by atomic mass is 79.9. The largest absolute Gasteiger partial charge is 0.497 e. The maximum Gasteiger partial charge on any atom is 0.275 e. The molecule has 28 heavy (non-hydrogen) atoms. The average Bonchev–Trinajstić information content (AvgIpc) is 3.09. The van der Waals surface area contributed by atoms with Crippen LogP contribution >= 0.6 is 15.9 Å². The topological polar surface area (TPSA) is 78.5 Å². The second-order valence-corrected chi connectivity index (χ2v) is 7.95. The van der Waals surface area contributed by atoms with Gasteiger partial charge in [-0.05, 0) is 39.5 Å². The number of rotatable bonds is 5. The number of methoxy groups -OCH3 is 1. The van der Waals surface area contributed by atoms with Gasteiger partial charge in [-0.15, -0.1) is 0 Å². The van der Waals surface area contributed by atoms with Crippen LogP contribution in [0, 0.1) is 0 Å². The summed E-state index contributed by atoms with van der Waals surface area (Å²) in [5, 5.41) is 7.12. The summed E-state index contributed by atoms with van der Waals surface area (Å²) in [5.41, 5.74) is 2.24. The van der Waals surface area contributed by atoms with E-state index in [1.807, 2.05) is 43.0 Å². The van der Waals surface area contributed by atoms with Crippen LogP contribution in [0.5, 0.6) is 5.75 Å². The van der Waals surface area contributed by atoms with E-state index in [1.165, 1.54) is 0 Å². The SMILES string of the molecule is COc1cccc(CC(=O)N2CCN(C(=O)c3n[nH]c(C(C)C)c3Br)CC2)c1. The number of piperazine rings is 1. The Hall–Kier alpha value is -2.35. The molecule has 1 aromatic carbocycles. The highest BCUT2D eigenvalue weighted by molar-refractivity contribution is 9.10. The molecular weight excluding hydrogens is 424 g/mol. The number of nitrogens with one attached hydrogen (secondary N) is 1. The Morgan fingerprint density at radius 1 is 1.21 bits per heavy atom. The van der Waals surface area contributed by atoms with Crippen molar-refractivity contribution in [3.05, 3.63) is 45.7 Å². The molecule has 1 saturated heterocycles. The molecule has 2 heterocycles. The second-order valence-electron chi connectivity index (χ2n) is 7.16. The Morgan fingerprint density at radius 3 is 2.50 bits per heavy atom. The fourth-order valence-corrected chi connectivity index (χ4v) is 4.05. The minimum absolute atomic E-state index is 0.0587. The summed E-state index contributed by atoms with van der Waals surface area (Å²) >= 11 is 3.49. The number of hydrogen-bond donors (Lipinski definition) is 1. The molecule has 1 N–H and O–H groups in total. The van der Waals surface area contributed by atoms with Gasteiger partial charge in [0.15, 0.2) is 5.69 Å². The Labute approximate surface area is 173 Å². The fourth-order valence-electron chi connectivity index (χ4n) is 3.24. The van der Waals surface area contributed by atoms with E-state index in [9.17, 15) is 9.59 Å². The molecule has 1 aliphatic heterocycles. The van der Waals surface area contributed by atoms with Gasteiger partial charge in [0.25, 0.3) is 5.91 Å². The molecule has 150 valence electrons. The monoisotopic (exact) mass is 448 g/mol. The van der Waals surface area contributed by atoms with Crippen LogP contribution in [0.4, 0.5) is 0 Å². The molecule has 2 amide bonds. The Balaban J connectivity index is 1.58. The van der Waals surface area contributed by atoms with Crippen LogP contribution in [0.15, 0.2) is 28.7 Å². The van der Waals surface area contributed by atoms with Crippen LogP contribution in [-0.2, 0) is 11.2 Å². The van der Waals surface area contributed by atoms with Gasteiger partial charge >= 0.3 is 0 Å². The third kappa shape index (κ3) is 4.38. The summed E-state index contributed by atoms with van der Waals surface area (Å²) in [6.45, 7) is 6.12. The lowest BCUT2D eigenvalue weighted by atomic mass is 10.1. The van der Waals surface area contributed by atoms with E-state index in [-0.39, 0.29) is 17.7 Å². The summed E-state index contributed by atoms with van der Waals surface area (Å²) in [6, 6.07) is 7.53. The quantitative estimate of drug-likeness (QED) is 0.762. The van der Waals surface area contributed by atoms with Crippen molar-refractivity contribution in [3.63, 3.8) is 0 Å². The van der Waals surface area contributed by atoms with E-state index in [2.05, 4.69) is 26.1 Å². The van der Waals surface area contributed by atoms with Crippen LogP contribution in [0.2, 0.25) is 0 Å². The molecule has 0 bridgehead atoms. The zero-order chi connectivity index (χ0) is 20.3. The van der Waals surface area contributed by atoms with E-state index < -0.39 is 0 Å². The van der Waals surface area contributed by atoms with E-state index in [4.69, 9.17) is 4.74 Å².